The Morgan fingerprint density at radius 1 is 0.333 bits per heavy atom. The molecule has 0 unspecified atom stereocenters. The maximum Gasteiger partial charge on any atom is 0.124 e. The lowest BCUT2D eigenvalue weighted by Gasteiger charge is -2.10. The first-order chi connectivity index (χ1) is 26.7. The number of thiophene rings is 2. The molecular weight excluding hydrogens is 713 g/mol. The summed E-state index contributed by atoms with van der Waals surface area (Å²) < 4.78 is 8.95. The summed E-state index contributed by atoms with van der Waals surface area (Å²) in [6, 6.07) is 62.7. The maximum absolute atomic E-state index is 4.93. The molecule has 4 aromatic heterocycles. The van der Waals surface area contributed by atoms with E-state index in [4.69, 9.17) is 4.98 Å². The third-order valence-corrected chi connectivity index (χ3v) is 14.2. The van der Waals surface area contributed by atoms with Gasteiger partial charge in [-0.15, -0.1) is 34.0 Å². The van der Waals surface area contributed by atoms with Crippen molar-refractivity contribution >= 4 is 106 Å². The summed E-state index contributed by atoms with van der Waals surface area (Å²) in [6.07, 6.45) is 0. The third-order valence-electron chi connectivity index (χ3n) is 10.9. The molecule has 0 atom stereocenters. The third kappa shape index (κ3) is 4.66. The first kappa shape index (κ1) is 30.4. The Balaban J connectivity index is 1.04. The zero-order valence-corrected chi connectivity index (χ0v) is 31.2. The van der Waals surface area contributed by atoms with Gasteiger partial charge in [0.1, 0.15) is 5.01 Å². The lowest BCUT2D eigenvalue weighted by atomic mass is 9.98. The van der Waals surface area contributed by atoms with Crippen molar-refractivity contribution < 1.29 is 0 Å². The molecule has 0 aliphatic heterocycles. The monoisotopic (exact) mass is 740 g/mol. The number of thiazole rings is 1. The number of hydrogen-bond donors (Lipinski definition) is 0. The summed E-state index contributed by atoms with van der Waals surface area (Å²) in [5.74, 6) is 0. The van der Waals surface area contributed by atoms with Gasteiger partial charge in [0.25, 0.3) is 0 Å². The summed E-state index contributed by atoms with van der Waals surface area (Å²) in [5, 5.41) is 8.83. The molecular formula is C49H28N2S3. The van der Waals surface area contributed by atoms with Crippen LogP contribution in [0, 0.1) is 0 Å². The Kier molecular flexibility index (Phi) is 6.58. The molecule has 0 bridgehead atoms. The van der Waals surface area contributed by atoms with E-state index in [1.54, 1.807) is 11.3 Å². The van der Waals surface area contributed by atoms with Gasteiger partial charge in [0, 0.05) is 62.4 Å². The van der Waals surface area contributed by atoms with E-state index in [9.17, 15) is 0 Å². The summed E-state index contributed by atoms with van der Waals surface area (Å²) in [7, 11) is 0. The van der Waals surface area contributed by atoms with Crippen molar-refractivity contribution in [1.29, 1.82) is 0 Å². The van der Waals surface area contributed by atoms with Crippen LogP contribution in [0.1, 0.15) is 0 Å². The van der Waals surface area contributed by atoms with E-state index in [-0.39, 0.29) is 0 Å². The van der Waals surface area contributed by atoms with Crippen molar-refractivity contribution in [3.05, 3.63) is 170 Å². The quantitative estimate of drug-likeness (QED) is 0.176. The van der Waals surface area contributed by atoms with Gasteiger partial charge in [-0.05, 0) is 119 Å². The van der Waals surface area contributed by atoms with Crippen molar-refractivity contribution in [2.75, 3.05) is 0 Å². The number of fused-ring (bicyclic) bond motifs is 10. The van der Waals surface area contributed by atoms with Crippen LogP contribution in [0.15, 0.2) is 170 Å². The fraction of sp³-hybridized carbons (Fsp3) is 0. The Bertz CT molecular complexity index is 3240. The molecule has 12 aromatic rings. The van der Waals surface area contributed by atoms with Gasteiger partial charge in [0.2, 0.25) is 0 Å². The molecule has 8 aromatic carbocycles. The van der Waals surface area contributed by atoms with Gasteiger partial charge in [-0.25, -0.2) is 4.98 Å². The number of para-hydroxylation sites is 1. The van der Waals surface area contributed by atoms with Gasteiger partial charge in [0.05, 0.1) is 21.3 Å². The number of rotatable bonds is 4. The highest BCUT2D eigenvalue weighted by molar-refractivity contribution is 7.26. The first-order valence-corrected chi connectivity index (χ1v) is 20.5. The minimum absolute atomic E-state index is 1.05. The van der Waals surface area contributed by atoms with Gasteiger partial charge in [0.15, 0.2) is 0 Å². The molecule has 0 radical (unpaired) electrons. The standard InChI is InChI=1S/C49H28N2S3/c1-4-10-44-35(7-1)39-27-32(17-23-46(39)52-44)30-15-21-42-37(25-30)38-26-31(33-18-24-47-40(28-33)36-8-2-5-11-45(36)53-47)16-22-43(38)51(42)34-19-13-29(14-20-34)49-50-41-9-3-6-12-48(41)54-49/h1-28H. The molecule has 2 nitrogen and oxygen atoms in total. The van der Waals surface area contributed by atoms with E-state index < -0.39 is 0 Å². The number of aromatic nitrogens is 2. The predicted octanol–water partition coefficient (Wildman–Crippen LogP) is 15.1. The second kappa shape index (κ2) is 11.7. The normalized spacial score (nSPS) is 12.1. The molecule has 0 spiro atoms. The number of benzene rings is 8. The molecule has 0 N–H and O–H groups in total. The first-order valence-electron chi connectivity index (χ1n) is 18.1. The summed E-state index contributed by atoms with van der Waals surface area (Å²) in [4.78, 5) is 4.93. The van der Waals surface area contributed by atoms with E-state index in [1.807, 2.05) is 22.7 Å². The van der Waals surface area contributed by atoms with Crippen molar-refractivity contribution in [2.45, 2.75) is 0 Å². The van der Waals surface area contributed by atoms with Crippen molar-refractivity contribution in [3.63, 3.8) is 0 Å². The van der Waals surface area contributed by atoms with Crippen LogP contribution in [0.5, 0.6) is 0 Å². The van der Waals surface area contributed by atoms with Crippen LogP contribution in [0.3, 0.4) is 0 Å². The maximum atomic E-state index is 4.93. The average Bonchev–Trinajstić information content (AvgIpc) is 4.00. The molecule has 0 fully saturated rings. The average molecular weight is 741 g/mol. The smallest absolute Gasteiger partial charge is 0.124 e. The molecule has 5 heteroatoms. The molecule has 54 heavy (non-hydrogen) atoms. The zero-order valence-electron chi connectivity index (χ0n) is 28.8. The summed E-state index contributed by atoms with van der Waals surface area (Å²) >= 11 is 5.48. The Morgan fingerprint density at radius 2 is 0.778 bits per heavy atom. The van der Waals surface area contributed by atoms with E-state index in [0.29, 0.717) is 0 Å². The molecule has 0 aliphatic rings. The lowest BCUT2D eigenvalue weighted by molar-refractivity contribution is 1.18. The molecule has 0 saturated heterocycles. The Labute approximate surface area is 322 Å². The fourth-order valence-electron chi connectivity index (χ4n) is 8.22. The van der Waals surface area contributed by atoms with Crippen molar-refractivity contribution in [1.82, 2.24) is 9.55 Å². The van der Waals surface area contributed by atoms with Crippen LogP contribution >= 0.6 is 34.0 Å². The molecule has 0 saturated carbocycles. The molecule has 252 valence electrons. The van der Waals surface area contributed by atoms with Crippen molar-refractivity contribution in [3.8, 4) is 38.5 Å². The largest absolute Gasteiger partial charge is 0.309 e. The van der Waals surface area contributed by atoms with Crippen LogP contribution in [0.4, 0.5) is 0 Å². The van der Waals surface area contributed by atoms with Crippen LogP contribution in [-0.4, -0.2) is 9.55 Å². The van der Waals surface area contributed by atoms with Crippen molar-refractivity contribution in [2.24, 2.45) is 0 Å². The summed E-state index contributed by atoms with van der Waals surface area (Å²) in [6.45, 7) is 0. The molecule has 4 heterocycles. The highest BCUT2D eigenvalue weighted by atomic mass is 32.1. The van der Waals surface area contributed by atoms with Crippen LogP contribution < -0.4 is 0 Å². The second-order valence-corrected chi connectivity index (χ2v) is 17.1. The van der Waals surface area contributed by atoms with Crippen LogP contribution in [0.2, 0.25) is 0 Å². The van der Waals surface area contributed by atoms with Gasteiger partial charge >= 0.3 is 0 Å². The lowest BCUT2D eigenvalue weighted by Crippen LogP contribution is -1.94. The Morgan fingerprint density at radius 3 is 1.33 bits per heavy atom. The van der Waals surface area contributed by atoms with E-state index in [2.05, 4.69) is 174 Å². The topological polar surface area (TPSA) is 17.8 Å². The molecule has 12 rings (SSSR count). The van der Waals surface area contributed by atoms with Gasteiger partial charge in [-0.1, -0.05) is 72.8 Å². The van der Waals surface area contributed by atoms with Crippen LogP contribution in [-0.2, 0) is 0 Å². The Hall–Kier alpha value is -6.11. The fourth-order valence-corrected chi connectivity index (χ4v) is 11.4. The zero-order chi connectivity index (χ0) is 35.3. The highest BCUT2D eigenvalue weighted by Gasteiger charge is 2.17. The predicted molar refractivity (Wildman–Crippen MR) is 236 cm³/mol. The SMILES string of the molecule is c1ccc2sc(-c3ccc(-n4c5ccc(-c6ccc7sc8ccccc8c7c6)cc5c5cc(-c6ccc7sc8ccccc8c7c6)ccc54)cc3)nc2c1. The minimum atomic E-state index is 1.05. The van der Waals surface area contributed by atoms with Crippen LogP contribution in [0.25, 0.3) is 111 Å². The van der Waals surface area contributed by atoms with Gasteiger partial charge in [-0.3, -0.25) is 0 Å². The molecule has 0 aliphatic carbocycles. The number of nitrogens with zero attached hydrogens (tertiary/aromatic N) is 2. The van der Waals surface area contributed by atoms with E-state index in [1.165, 1.54) is 89.1 Å². The highest BCUT2D eigenvalue weighted by Crippen LogP contribution is 2.42. The number of hydrogen-bond acceptors (Lipinski definition) is 4. The van der Waals surface area contributed by atoms with Gasteiger partial charge in [-0.2, -0.15) is 0 Å². The summed E-state index contributed by atoms with van der Waals surface area (Å²) in [5.41, 5.74) is 10.6. The van der Waals surface area contributed by atoms with E-state index >= 15 is 0 Å². The minimum Gasteiger partial charge on any atom is -0.309 e. The van der Waals surface area contributed by atoms with E-state index in [0.717, 1.165) is 21.8 Å². The van der Waals surface area contributed by atoms with Gasteiger partial charge < -0.3 is 4.57 Å². The second-order valence-electron chi connectivity index (χ2n) is 14.0. The molecule has 0 amide bonds.